The molecule has 0 spiro atoms. The Morgan fingerprint density at radius 2 is 2.33 bits per heavy atom. The van der Waals surface area contributed by atoms with Gasteiger partial charge in [0.2, 0.25) is 5.91 Å². The summed E-state index contributed by atoms with van der Waals surface area (Å²) in [5, 5.41) is 9.24. The third kappa shape index (κ3) is 2.17. The van der Waals surface area contributed by atoms with Crippen molar-refractivity contribution in [3.8, 4) is 6.07 Å². The molecule has 1 rings (SSSR count). The standard InChI is InChI=1S/C11H9ClN2O/c1-3-11(15)14(2)10-6-4-5-9(12)8(10)7-13/h3-6H,1H2,2H3. The molecule has 0 saturated carbocycles. The summed E-state index contributed by atoms with van der Waals surface area (Å²) in [6.07, 6.45) is 1.18. The van der Waals surface area contributed by atoms with Gasteiger partial charge in [-0.2, -0.15) is 5.26 Å². The van der Waals surface area contributed by atoms with Gasteiger partial charge in [0.1, 0.15) is 6.07 Å². The average Bonchev–Trinajstić information content (AvgIpc) is 2.26. The summed E-state index contributed by atoms with van der Waals surface area (Å²) in [5.74, 6) is -0.284. The Labute approximate surface area is 93.2 Å². The van der Waals surface area contributed by atoms with Crippen LogP contribution >= 0.6 is 11.6 Å². The van der Waals surface area contributed by atoms with Gasteiger partial charge in [-0.25, -0.2) is 0 Å². The molecule has 15 heavy (non-hydrogen) atoms. The summed E-state index contributed by atoms with van der Waals surface area (Å²) in [6.45, 7) is 3.38. The second kappa shape index (κ2) is 4.63. The monoisotopic (exact) mass is 220 g/mol. The van der Waals surface area contributed by atoms with Crippen LogP contribution in [0, 0.1) is 11.3 Å². The summed E-state index contributed by atoms with van der Waals surface area (Å²) in [7, 11) is 1.57. The largest absolute Gasteiger partial charge is 0.311 e. The summed E-state index contributed by atoms with van der Waals surface area (Å²) < 4.78 is 0. The summed E-state index contributed by atoms with van der Waals surface area (Å²) in [4.78, 5) is 12.7. The Balaban J connectivity index is 3.26. The number of carbonyl (C=O) groups excluding carboxylic acids is 1. The predicted octanol–water partition coefficient (Wildman–Crippen LogP) is 2.36. The van der Waals surface area contributed by atoms with E-state index in [1.54, 1.807) is 25.2 Å². The van der Waals surface area contributed by atoms with E-state index < -0.39 is 0 Å². The Kier molecular flexibility index (Phi) is 3.48. The van der Waals surface area contributed by atoms with Crippen molar-refractivity contribution in [1.29, 1.82) is 5.26 Å². The van der Waals surface area contributed by atoms with Gasteiger partial charge in [-0.1, -0.05) is 24.2 Å². The molecule has 3 nitrogen and oxygen atoms in total. The first kappa shape index (κ1) is 11.3. The van der Waals surface area contributed by atoms with E-state index in [1.807, 2.05) is 6.07 Å². The van der Waals surface area contributed by atoms with Crippen molar-refractivity contribution in [3.05, 3.63) is 41.4 Å². The smallest absolute Gasteiger partial charge is 0.250 e. The topological polar surface area (TPSA) is 44.1 Å². The highest BCUT2D eigenvalue weighted by atomic mass is 35.5. The van der Waals surface area contributed by atoms with E-state index in [0.29, 0.717) is 10.7 Å². The SMILES string of the molecule is C=CC(=O)N(C)c1cccc(Cl)c1C#N. The first-order chi connectivity index (χ1) is 7.11. The average molecular weight is 221 g/mol. The van der Waals surface area contributed by atoms with E-state index in [4.69, 9.17) is 16.9 Å². The second-order valence-corrected chi connectivity index (χ2v) is 3.25. The van der Waals surface area contributed by atoms with Crippen LogP contribution in [0.5, 0.6) is 0 Å². The Morgan fingerprint density at radius 3 is 2.87 bits per heavy atom. The summed E-state index contributed by atoms with van der Waals surface area (Å²) in [6, 6.07) is 6.92. The molecule has 0 fully saturated rings. The molecule has 0 bridgehead atoms. The van der Waals surface area contributed by atoms with Crippen LogP contribution in [0.1, 0.15) is 5.56 Å². The lowest BCUT2D eigenvalue weighted by Crippen LogP contribution is -2.24. The number of nitrogens with zero attached hydrogens (tertiary/aromatic N) is 2. The molecule has 0 aliphatic rings. The van der Waals surface area contributed by atoms with Gasteiger partial charge < -0.3 is 4.90 Å². The molecule has 0 aliphatic carbocycles. The third-order valence-corrected chi connectivity index (χ3v) is 2.28. The van der Waals surface area contributed by atoms with Crippen LogP contribution in [-0.4, -0.2) is 13.0 Å². The zero-order valence-electron chi connectivity index (χ0n) is 8.20. The quantitative estimate of drug-likeness (QED) is 0.719. The molecular formula is C11H9ClN2O. The van der Waals surface area contributed by atoms with Gasteiger partial charge in [0.15, 0.2) is 0 Å². The molecule has 0 aliphatic heterocycles. The Bertz CT molecular complexity index is 448. The van der Waals surface area contributed by atoms with Crippen molar-refractivity contribution < 1.29 is 4.79 Å². The van der Waals surface area contributed by atoms with E-state index in [0.717, 1.165) is 0 Å². The first-order valence-corrected chi connectivity index (χ1v) is 4.58. The zero-order chi connectivity index (χ0) is 11.4. The minimum absolute atomic E-state index is 0.284. The molecule has 0 aromatic heterocycles. The first-order valence-electron chi connectivity index (χ1n) is 4.20. The van der Waals surface area contributed by atoms with Crippen molar-refractivity contribution >= 4 is 23.2 Å². The molecule has 1 aromatic rings. The number of hydrogen-bond acceptors (Lipinski definition) is 2. The fourth-order valence-electron chi connectivity index (χ4n) is 1.16. The number of benzene rings is 1. The zero-order valence-corrected chi connectivity index (χ0v) is 8.95. The predicted molar refractivity (Wildman–Crippen MR) is 59.8 cm³/mol. The second-order valence-electron chi connectivity index (χ2n) is 2.85. The molecule has 0 saturated heterocycles. The fraction of sp³-hybridized carbons (Fsp3) is 0.0909. The van der Waals surface area contributed by atoms with E-state index in [2.05, 4.69) is 6.58 Å². The van der Waals surface area contributed by atoms with Gasteiger partial charge in [-0.05, 0) is 18.2 Å². The molecule has 0 heterocycles. The minimum atomic E-state index is -0.284. The number of amides is 1. The molecule has 0 atom stereocenters. The molecule has 4 heteroatoms. The van der Waals surface area contributed by atoms with Gasteiger partial charge in [0, 0.05) is 7.05 Å². The lowest BCUT2D eigenvalue weighted by atomic mass is 10.2. The number of rotatable bonds is 2. The van der Waals surface area contributed by atoms with E-state index in [-0.39, 0.29) is 11.5 Å². The highest BCUT2D eigenvalue weighted by Crippen LogP contribution is 2.25. The van der Waals surface area contributed by atoms with Gasteiger partial charge in [0.25, 0.3) is 0 Å². The lowest BCUT2D eigenvalue weighted by Gasteiger charge is -2.16. The molecule has 0 unspecified atom stereocenters. The highest BCUT2D eigenvalue weighted by molar-refractivity contribution is 6.32. The number of nitriles is 1. The van der Waals surface area contributed by atoms with E-state index >= 15 is 0 Å². The number of likely N-dealkylation sites (N-methyl/N-ethyl adjacent to an activating group) is 1. The molecule has 0 N–H and O–H groups in total. The van der Waals surface area contributed by atoms with Crippen molar-refractivity contribution in [2.24, 2.45) is 0 Å². The van der Waals surface area contributed by atoms with Gasteiger partial charge in [0.05, 0.1) is 16.3 Å². The van der Waals surface area contributed by atoms with Gasteiger partial charge in [-0.3, -0.25) is 4.79 Å². The lowest BCUT2D eigenvalue weighted by molar-refractivity contribution is -0.113. The molecule has 1 aromatic carbocycles. The number of hydrogen-bond donors (Lipinski definition) is 0. The Hall–Kier alpha value is -1.79. The normalized spacial score (nSPS) is 9.13. The highest BCUT2D eigenvalue weighted by Gasteiger charge is 2.13. The number of anilines is 1. The maximum atomic E-state index is 11.3. The van der Waals surface area contributed by atoms with E-state index in [1.165, 1.54) is 11.0 Å². The number of carbonyl (C=O) groups is 1. The maximum absolute atomic E-state index is 11.3. The summed E-state index contributed by atoms with van der Waals surface area (Å²) in [5.41, 5.74) is 0.770. The van der Waals surface area contributed by atoms with Gasteiger partial charge in [-0.15, -0.1) is 0 Å². The number of halogens is 1. The van der Waals surface area contributed by atoms with Gasteiger partial charge >= 0.3 is 0 Å². The van der Waals surface area contributed by atoms with Crippen molar-refractivity contribution in [1.82, 2.24) is 0 Å². The fourth-order valence-corrected chi connectivity index (χ4v) is 1.37. The van der Waals surface area contributed by atoms with E-state index in [9.17, 15) is 4.79 Å². The molecular weight excluding hydrogens is 212 g/mol. The van der Waals surface area contributed by atoms with Crippen LogP contribution < -0.4 is 4.90 Å². The third-order valence-electron chi connectivity index (χ3n) is 1.97. The van der Waals surface area contributed by atoms with Crippen LogP contribution in [0.4, 0.5) is 5.69 Å². The van der Waals surface area contributed by atoms with Crippen LogP contribution in [0.15, 0.2) is 30.9 Å². The summed E-state index contributed by atoms with van der Waals surface area (Å²) >= 11 is 5.84. The molecule has 1 amide bonds. The van der Waals surface area contributed by atoms with Crippen LogP contribution in [0.2, 0.25) is 5.02 Å². The molecule has 0 radical (unpaired) electrons. The van der Waals surface area contributed by atoms with Crippen LogP contribution in [0.25, 0.3) is 0 Å². The van der Waals surface area contributed by atoms with Crippen LogP contribution in [0.3, 0.4) is 0 Å². The van der Waals surface area contributed by atoms with Crippen molar-refractivity contribution in [3.63, 3.8) is 0 Å². The van der Waals surface area contributed by atoms with Crippen molar-refractivity contribution in [2.45, 2.75) is 0 Å². The van der Waals surface area contributed by atoms with Crippen LogP contribution in [-0.2, 0) is 4.79 Å². The van der Waals surface area contributed by atoms with Crippen molar-refractivity contribution in [2.75, 3.05) is 11.9 Å². The molecule has 76 valence electrons. The Morgan fingerprint density at radius 1 is 1.67 bits per heavy atom. The minimum Gasteiger partial charge on any atom is -0.311 e. The maximum Gasteiger partial charge on any atom is 0.250 e.